The molecule has 1 unspecified atom stereocenters. The van der Waals surface area contributed by atoms with Crippen LogP contribution >= 0.6 is 7.82 Å². The smallest absolute Gasteiger partial charge is 0.387 e. The molecular formula is C20H22N3O9P. The zero-order valence-corrected chi connectivity index (χ0v) is 18.4. The maximum Gasteiger partial charge on any atom is 0.475 e. The number of aliphatic hydroxyl groups is 2. The Hall–Kier alpha value is -2.62. The summed E-state index contributed by atoms with van der Waals surface area (Å²) >= 11 is 0. The van der Waals surface area contributed by atoms with Crippen LogP contribution in [0.1, 0.15) is 36.8 Å². The van der Waals surface area contributed by atoms with Crippen molar-refractivity contribution in [2.75, 3.05) is 13.2 Å². The van der Waals surface area contributed by atoms with Crippen molar-refractivity contribution in [1.82, 2.24) is 9.55 Å². The number of aromatic nitrogens is 2. The first kappa shape index (κ1) is 23.5. The van der Waals surface area contributed by atoms with Gasteiger partial charge < -0.3 is 14.9 Å². The summed E-state index contributed by atoms with van der Waals surface area (Å²) in [5.74, 6) is 0. The third-order valence-electron chi connectivity index (χ3n) is 5.56. The van der Waals surface area contributed by atoms with Crippen molar-refractivity contribution in [1.29, 1.82) is 5.26 Å². The highest BCUT2D eigenvalue weighted by Crippen LogP contribution is 2.57. The SMILES string of the molecule is C[C@]1(COP2(=O)OCC[C@@H](c3ccc(C#N)cc3)O2)O[C@@H](n2ccc(=O)[nH]c2=O)[C@H](O)[C@@H]1O. The molecule has 3 N–H and O–H groups in total. The molecule has 1 aromatic carbocycles. The summed E-state index contributed by atoms with van der Waals surface area (Å²) in [6.45, 7) is 1.00. The Bertz CT molecular complexity index is 1220. The van der Waals surface area contributed by atoms with Gasteiger partial charge in [0.2, 0.25) is 0 Å². The number of phosphoric acid groups is 1. The van der Waals surface area contributed by atoms with Gasteiger partial charge in [0.1, 0.15) is 17.8 Å². The zero-order chi connectivity index (χ0) is 23.8. The Balaban J connectivity index is 1.46. The fourth-order valence-electron chi connectivity index (χ4n) is 3.69. The van der Waals surface area contributed by atoms with Crippen LogP contribution < -0.4 is 11.2 Å². The number of nitrogens with one attached hydrogen (secondary N) is 1. The first-order valence-electron chi connectivity index (χ1n) is 10.1. The third-order valence-corrected chi connectivity index (χ3v) is 7.02. The number of nitrogens with zero attached hydrogens (tertiary/aromatic N) is 2. The van der Waals surface area contributed by atoms with E-state index in [4.69, 9.17) is 23.6 Å². The lowest BCUT2D eigenvalue weighted by Gasteiger charge is -2.32. The quantitative estimate of drug-likeness (QED) is 0.519. The lowest BCUT2D eigenvalue weighted by molar-refractivity contribution is -0.120. The Morgan fingerprint density at radius 3 is 2.70 bits per heavy atom. The number of nitriles is 1. The number of rotatable bonds is 5. The molecule has 2 saturated heterocycles. The Kier molecular flexibility index (Phi) is 6.39. The van der Waals surface area contributed by atoms with E-state index in [1.807, 2.05) is 11.1 Å². The second-order valence-corrected chi connectivity index (χ2v) is 9.57. The Morgan fingerprint density at radius 2 is 2.03 bits per heavy atom. The standard InChI is InChI=1S/C20H22N3O9P/c1-20(17(26)16(25)18(31-20)23-8-6-15(24)22-19(23)27)11-30-33(28)29-9-7-14(32-33)13-4-2-12(10-21)3-5-13/h2-6,8,14,16-18,25-26H,7,9,11H2,1H3,(H,22,24,27)/t14-,16+,17-,18+,20+,33?/m0/s1. The van der Waals surface area contributed by atoms with Crippen molar-refractivity contribution in [3.63, 3.8) is 0 Å². The van der Waals surface area contributed by atoms with Gasteiger partial charge in [0.25, 0.3) is 5.56 Å². The average molecular weight is 479 g/mol. The largest absolute Gasteiger partial charge is 0.475 e. The van der Waals surface area contributed by atoms with E-state index < -0.39 is 55.8 Å². The number of ether oxygens (including phenoxy) is 1. The molecule has 1 aromatic heterocycles. The number of aromatic amines is 1. The number of hydrogen-bond donors (Lipinski definition) is 3. The van der Waals surface area contributed by atoms with Crippen LogP contribution in [-0.2, 0) is 22.9 Å². The lowest BCUT2D eigenvalue weighted by atomic mass is 9.99. The van der Waals surface area contributed by atoms with E-state index in [1.165, 1.54) is 6.92 Å². The van der Waals surface area contributed by atoms with Gasteiger partial charge in [0, 0.05) is 18.7 Å². The van der Waals surface area contributed by atoms with Gasteiger partial charge in [-0.1, -0.05) is 12.1 Å². The van der Waals surface area contributed by atoms with Crippen LogP contribution in [0.15, 0.2) is 46.1 Å². The van der Waals surface area contributed by atoms with Crippen LogP contribution in [0.25, 0.3) is 0 Å². The van der Waals surface area contributed by atoms with Crippen LogP contribution in [0.3, 0.4) is 0 Å². The second kappa shape index (κ2) is 8.96. The zero-order valence-electron chi connectivity index (χ0n) is 17.5. The number of benzene rings is 1. The maximum atomic E-state index is 13.1. The van der Waals surface area contributed by atoms with Crippen LogP contribution in [0.4, 0.5) is 0 Å². The van der Waals surface area contributed by atoms with Gasteiger partial charge in [-0.05, 0) is 24.6 Å². The minimum Gasteiger partial charge on any atom is -0.387 e. The van der Waals surface area contributed by atoms with Crippen LogP contribution in [0, 0.1) is 11.3 Å². The van der Waals surface area contributed by atoms with E-state index in [-0.39, 0.29) is 6.61 Å². The van der Waals surface area contributed by atoms with Gasteiger partial charge in [-0.2, -0.15) is 5.26 Å². The van der Waals surface area contributed by atoms with Gasteiger partial charge in [0.05, 0.1) is 31.0 Å². The molecule has 13 heteroatoms. The van der Waals surface area contributed by atoms with E-state index in [9.17, 15) is 24.4 Å². The summed E-state index contributed by atoms with van der Waals surface area (Å²) in [5, 5.41) is 29.9. The predicted molar refractivity (Wildman–Crippen MR) is 111 cm³/mol. The fourth-order valence-corrected chi connectivity index (χ4v) is 5.16. The van der Waals surface area contributed by atoms with E-state index in [0.717, 1.165) is 16.8 Å². The molecule has 2 aliphatic heterocycles. The third kappa shape index (κ3) is 4.71. The number of H-pyrrole nitrogens is 1. The normalized spacial score (nSPS) is 34.1. The molecule has 0 radical (unpaired) electrons. The highest BCUT2D eigenvalue weighted by molar-refractivity contribution is 7.48. The molecule has 2 aromatic rings. The van der Waals surface area contributed by atoms with Gasteiger partial charge in [-0.3, -0.25) is 27.9 Å². The van der Waals surface area contributed by atoms with Crippen molar-refractivity contribution in [3.05, 3.63) is 68.5 Å². The highest BCUT2D eigenvalue weighted by Gasteiger charge is 2.53. The predicted octanol–water partition coefficient (Wildman–Crippen LogP) is 0.720. The summed E-state index contributed by atoms with van der Waals surface area (Å²) in [7, 11) is -4.06. The van der Waals surface area contributed by atoms with Crippen molar-refractivity contribution >= 4 is 7.82 Å². The molecule has 33 heavy (non-hydrogen) atoms. The first-order valence-corrected chi connectivity index (χ1v) is 11.5. The summed E-state index contributed by atoms with van der Waals surface area (Å²) in [6.07, 6.45) is -3.44. The molecule has 0 amide bonds. The lowest BCUT2D eigenvalue weighted by Crippen LogP contribution is -2.44. The van der Waals surface area contributed by atoms with Crippen molar-refractivity contribution in [2.24, 2.45) is 0 Å². The van der Waals surface area contributed by atoms with Crippen molar-refractivity contribution in [3.8, 4) is 6.07 Å². The molecular weight excluding hydrogens is 457 g/mol. The molecule has 0 saturated carbocycles. The number of hydrogen-bond acceptors (Lipinski definition) is 10. The van der Waals surface area contributed by atoms with Crippen LogP contribution in [-0.4, -0.2) is 50.8 Å². The molecule has 3 heterocycles. The highest BCUT2D eigenvalue weighted by atomic mass is 31.2. The van der Waals surface area contributed by atoms with Gasteiger partial charge >= 0.3 is 13.5 Å². The van der Waals surface area contributed by atoms with Crippen LogP contribution in [0.5, 0.6) is 0 Å². The summed E-state index contributed by atoms with van der Waals surface area (Å²) in [5.41, 5.74) is -1.87. The van der Waals surface area contributed by atoms with Crippen molar-refractivity contribution < 1.29 is 33.1 Å². The molecule has 0 spiro atoms. The molecule has 4 rings (SSSR count). The molecule has 2 aliphatic rings. The molecule has 2 fully saturated rings. The van der Waals surface area contributed by atoms with Gasteiger partial charge in [-0.15, -0.1) is 0 Å². The van der Waals surface area contributed by atoms with Gasteiger partial charge in [0.15, 0.2) is 6.23 Å². The second-order valence-electron chi connectivity index (χ2n) is 7.94. The monoisotopic (exact) mass is 479 g/mol. The van der Waals surface area contributed by atoms with E-state index in [0.29, 0.717) is 17.5 Å². The molecule has 176 valence electrons. The summed E-state index contributed by atoms with van der Waals surface area (Å²) in [4.78, 5) is 25.4. The van der Waals surface area contributed by atoms with E-state index in [2.05, 4.69) is 0 Å². The van der Waals surface area contributed by atoms with E-state index in [1.54, 1.807) is 24.3 Å². The Morgan fingerprint density at radius 1 is 1.30 bits per heavy atom. The molecule has 0 bridgehead atoms. The number of aliphatic hydroxyl groups excluding tert-OH is 2. The van der Waals surface area contributed by atoms with Gasteiger partial charge in [-0.25, -0.2) is 9.36 Å². The average Bonchev–Trinajstić information content (AvgIpc) is 3.02. The molecule has 12 nitrogen and oxygen atoms in total. The minimum atomic E-state index is -4.06. The molecule has 6 atom stereocenters. The first-order chi connectivity index (χ1) is 15.6. The number of phosphoric ester groups is 1. The van der Waals surface area contributed by atoms with E-state index >= 15 is 0 Å². The van der Waals surface area contributed by atoms with Crippen LogP contribution in [0.2, 0.25) is 0 Å². The fraction of sp³-hybridized carbons (Fsp3) is 0.450. The maximum absolute atomic E-state index is 13.1. The minimum absolute atomic E-state index is 0.0834. The Labute approximate surface area is 187 Å². The molecule has 0 aliphatic carbocycles. The van der Waals surface area contributed by atoms with Crippen molar-refractivity contribution in [2.45, 2.75) is 43.5 Å². The summed E-state index contributed by atoms with van der Waals surface area (Å²) in [6, 6.07) is 9.69. The topological polar surface area (TPSA) is 173 Å². The summed E-state index contributed by atoms with van der Waals surface area (Å²) < 4.78 is 35.9.